The molecule has 0 aliphatic heterocycles. The van der Waals surface area contributed by atoms with E-state index in [4.69, 9.17) is 4.74 Å². The highest BCUT2D eigenvalue weighted by Gasteiger charge is 2.15. The highest BCUT2D eigenvalue weighted by molar-refractivity contribution is 6.10. The summed E-state index contributed by atoms with van der Waals surface area (Å²) in [6, 6.07) is 11.5. The van der Waals surface area contributed by atoms with Crippen molar-refractivity contribution in [2.75, 3.05) is 6.61 Å². The predicted molar refractivity (Wildman–Crippen MR) is 78.9 cm³/mol. The molecule has 0 saturated carbocycles. The summed E-state index contributed by atoms with van der Waals surface area (Å²) >= 11 is 0. The first-order chi connectivity index (χ1) is 10.5. The number of carbonyl (C=O) groups excluding carboxylic acids is 2. The van der Waals surface area contributed by atoms with Crippen molar-refractivity contribution >= 4 is 17.4 Å². The first kappa shape index (κ1) is 15.4. The monoisotopic (exact) mass is 299 g/mol. The highest BCUT2D eigenvalue weighted by atomic mass is 16.6. The molecule has 0 spiro atoms. The lowest BCUT2D eigenvalue weighted by Gasteiger charge is -2.05. The van der Waals surface area contributed by atoms with E-state index in [-0.39, 0.29) is 29.0 Å². The smallest absolute Gasteiger partial charge is 0.338 e. The SMILES string of the molecule is CCOC(=O)c1cccc(C(=O)c2cccc([N+](=O)[O-])c2)c1. The maximum Gasteiger partial charge on any atom is 0.338 e. The number of ether oxygens (including phenoxy) is 1. The van der Waals surface area contributed by atoms with Gasteiger partial charge in [0.2, 0.25) is 0 Å². The molecule has 0 radical (unpaired) electrons. The van der Waals surface area contributed by atoms with E-state index >= 15 is 0 Å². The van der Waals surface area contributed by atoms with E-state index in [1.807, 2.05) is 0 Å². The van der Waals surface area contributed by atoms with Gasteiger partial charge in [-0.25, -0.2) is 4.79 Å². The van der Waals surface area contributed by atoms with E-state index in [0.29, 0.717) is 0 Å². The summed E-state index contributed by atoms with van der Waals surface area (Å²) in [7, 11) is 0. The average molecular weight is 299 g/mol. The van der Waals surface area contributed by atoms with Gasteiger partial charge in [0.1, 0.15) is 0 Å². The zero-order valence-electron chi connectivity index (χ0n) is 11.8. The Bertz CT molecular complexity index is 739. The van der Waals surface area contributed by atoms with Crippen molar-refractivity contribution in [3.8, 4) is 0 Å². The van der Waals surface area contributed by atoms with Gasteiger partial charge in [0, 0.05) is 23.3 Å². The van der Waals surface area contributed by atoms with Crippen LogP contribution in [-0.2, 0) is 4.74 Å². The summed E-state index contributed by atoms with van der Waals surface area (Å²) in [5, 5.41) is 10.8. The number of rotatable bonds is 5. The Morgan fingerprint density at radius 2 is 1.64 bits per heavy atom. The van der Waals surface area contributed by atoms with E-state index in [9.17, 15) is 19.7 Å². The molecule has 22 heavy (non-hydrogen) atoms. The first-order valence-corrected chi connectivity index (χ1v) is 6.59. The summed E-state index contributed by atoms with van der Waals surface area (Å²) in [4.78, 5) is 34.3. The molecule has 0 aliphatic carbocycles. The lowest BCUT2D eigenvalue weighted by atomic mass is 10.0. The third kappa shape index (κ3) is 3.35. The molecule has 0 heterocycles. The fourth-order valence-corrected chi connectivity index (χ4v) is 1.93. The number of esters is 1. The van der Waals surface area contributed by atoms with E-state index in [2.05, 4.69) is 0 Å². The van der Waals surface area contributed by atoms with Crippen molar-refractivity contribution in [1.82, 2.24) is 0 Å². The van der Waals surface area contributed by atoms with Crippen molar-refractivity contribution in [2.24, 2.45) is 0 Å². The maximum absolute atomic E-state index is 12.4. The van der Waals surface area contributed by atoms with Crippen molar-refractivity contribution in [2.45, 2.75) is 6.92 Å². The second-order valence-corrected chi connectivity index (χ2v) is 4.44. The van der Waals surface area contributed by atoms with Crippen LogP contribution in [0.5, 0.6) is 0 Å². The van der Waals surface area contributed by atoms with E-state index < -0.39 is 16.7 Å². The first-order valence-electron chi connectivity index (χ1n) is 6.59. The van der Waals surface area contributed by atoms with Gasteiger partial charge in [-0.15, -0.1) is 0 Å². The summed E-state index contributed by atoms with van der Waals surface area (Å²) in [5.41, 5.74) is 0.562. The Labute approximate surface area is 126 Å². The second kappa shape index (κ2) is 6.62. The van der Waals surface area contributed by atoms with Gasteiger partial charge in [0.05, 0.1) is 17.1 Å². The molecule has 0 aromatic heterocycles. The van der Waals surface area contributed by atoms with Gasteiger partial charge in [-0.3, -0.25) is 14.9 Å². The highest BCUT2D eigenvalue weighted by Crippen LogP contribution is 2.17. The third-order valence-electron chi connectivity index (χ3n) is 2.96. The molecule has 6 heteroatoms. The van der Waals surface area contributed by atoms with Crippen LogP contribution in [0.4, 0.5) is 5.69 Å². The van der Waals surface area contributed by atoms with Crippen LogP contribution < -0.4 is 0 Å². The van der Waals surface area contributed by atoms with Crippen LogP contribution in [0.3, 0.4) is 0 Å². The summed E-state index contributed by atoms with van der Waals surface area (Å²) < 4.78 is 4.88. The Morgan fingerprint density at radius 3 is 2.27 bits per heavy atom. The lowest BCUT2D eigenvalue weighted by molar-refractivity contribution is -0.384. The van der Waals surface area contributed by atoms with Gasteiger partial charge >= 0.3 is 5.97 Å². The number of nitro benzene ring substituents is 1. The van der Waals surface area contributed by atoms with Gasteiger partial charge in [0.25, 0.3) is 5.69 Å². The number of carbonyl (C=O) groups is 2. The quantitative estimate of drug-likeness (QED) is 0.366. The summed E-state index contributed by atoms with van der Waals surface area (Å²) in [6.45, 7) is 1.93. The molecule has 2 aromatic rings. The minimum atomic E-state index is -0.564. The molecule has 112 valence electrons. The summed E-state index contributed by atoms with van der Waals surface area (Å²) in [5.74, 6) is -0.911. The van der Waals surface area contributed by atoms with Gasteiger partial charge in [0.15, 0.2) is 5.78 Å². The number of non-ortho nitro benzene ring substituents is 1. The van der Waals surface area contributed by atoms with Crippen LogP contribution in [-0.4, -0.2) is 23.3 Å². The molecule has 0 unspecified atom stereocenters. The molecular formula is C16H13NO5. The van der Waals surface area contributed by atoms with Crippen molar-refractivity contribution < 1.29 is 19.2 Å². The van der Waals surface area contributed by atoms with Crippen LogP contribution in [0.15, 0.2) is 48.5 Å². The van der Waals surface area contributed by atoms with Gasteiger partial charge in [-0.05, 0) is 19.1 Å². The van der Waals surface area contributed by atoms with Crippen LogP contribution in [0.25, 0.3) is 0 Å². The molecule has 0 atom stereocenters. The number of hydrogen-bond acceptors (Lipinski definition) is 5. The fraction of sp³-hybridized carbons (Fsp3) is 0.125. The third-order valence-corrected chi connectivity index (χ3v) is 2.96. The zero-order chi connectivity index (χ0) is 16.1. The predicted octanol–water partition coefficient (Wildman–Crippen LogP) is 3.00. The van der Waals surface area contributed by atoms with Crippen LogP contribution >= 0.6 is 0 Å². The number of benzene rings is 2. The Morgan fingerprint density at radius 1 is 1.05 bits per heavy atom. The Hall–Kier alpha value is -3.02. The van der Waals surface area contributed by atoms with Gasteiger partial charge in [-0.2, -0.15) is 0 Å². The molecular weight excluding hydrogens is 286 g/mol. The topological polar surface area (TPSA) is 86.5 Å². The fourth-order valence-electron chi connectivity index (χ4n) is 1.93. The molecule has 0 amide bonds. The maximum atomic E-state index is 12.4. The molecule has 2 rings (SSSR count). The summed E-state index contributed by atoms with van der Waals surface area (Å²) in [6.07, 6.45) is 0. The van der Waals surface area contributed by atoms with Crippen molar-refractivity contribution in [3.05, 3.63) is 75.3 Å². The molecule has 0 N–H and O–H groups in total. The zero-order valence-corrected chi connectivity index (χ0v) is 11.8. The second-order valence-electron chi connectivity index (χ2n) is 4.44. The van der Waals surface area contributed by atoms with Crippen LogP contribution in [0.2, 0.25) is 0 Å². The average Bonchev–Trinajstić information content (AvgIpc) is 2.54. The van der Waals surface area contributed by atoms with Crippen LogP contribution in [0.1, 0.15) is 33.2 Å². The largest absolute Gasteiger partial charge is 0.462 e. The number of hydrogen-bond donors (Lipinski definition) is 0. The Balaban J connectivity index is 2.33. The van der Waals surface area contributed by atoms with Gasteiger partial charge in [-0.1, -0.05) is 24.3 Å². The molecule has 6 nitrogen and oxygen atoms in total. The lowest BCUT2D eigenvalue weighted by Crippen LogP contribution is -2.07. The number of nitro groups is 1. The molecule has 0 bridgehead atoms. The Kier molecular flexibility index (Phi) is 4.63. The van der Waals surface area contributed by atoms with E-state index in [0.717, 1.165) is 0 Å². The molecule has 0 aliphatic rings. The van der Waals surface area contributed by atoms with Crippen LogP contribution in [0, 0.1) is 10.1 Å². The molecule has 0 saturated heterocycles. The minimum Gasteiger partial charge on any atom is -0.462 e. The molecule has 0 fully saturated rings. The van der Waals surface area contributed by atoms with E-state index in [1.54, 1.807) is 25.1 Å². The molecule has 2 aromatic carbocycles. The minimum absolute atomic E-state index is 0.160. The van der Waals surface area contributed by atoms with Crippen molar-refractivity contribution in [3.63, 3.8) is 0 Å². The van der Waals surface area contributed by atoms with Gasteiger partial charge < -0.3 is 4.74 Å². The number of ketones is 1. The number of nitrogens with zero attached hydrogens (tertiary/aromatic N) is 1. The van der Waals surface area contributed by atoms with E-state index in [1.165, 1.54) is 30.3 Å². The van der Waals surface area contributed by atoms with Crippen molar-refractivity contribution in [1.29, 1.82) is 0 Å². The normalized spacial score (nSPS) is 10.0. The standard InChI is InChI=1S/C16H13NO5/c1-2-22-16(19)13-7-3-5-11(9-13)15(18)12-6-4-8-14(10-12)17(20)21/h3-10H,2H2,1H3.